The molecule has 100 valence electrons. The minimum atomic E-state index is -0.564. The Morgan fingerprint density at radius 2 is 2.00 bits per heavy atom. The first kappa shape index (κ1) is 13.5. The van der Waals surface area contributed by atoms with Gasteiger partial charge in [0.05, 0.1) is 18.0 Å². The molecule has 1 heterocycles. The van der Waals surface area contributed by atoms with E-state index < -0.39 is 6.10 Å². The van der Waals surface area contributed by atoms with Gasteiger partial charge in [0.2, 0.25) is 0 Å². The van der Waals surface area contributed by atoms with Crippen LogP contribution in [0.3, 0.4) is 0 Å². The maximum absolute atomic E-state index is 13.4. The molecule has 1 atom stereocenters. The summed E-state index contributed by atoms with van der Waals surface area (Å²) in [6.45, 7) is 3.58. The average Bonchev–Trinajstić information content (AvgIpc) is 2.43. The van der Waals surface area contributed by atoms with E-state index in [1.54, 1.807) is 31.2 Å². The van der Waals surface area contributed by atoms with Gasteiger partial charge in [-0.3, -0.25) is 4.98 Å². The third-order valence-electron chi connectivity index (χ3n) is 2.87. The second kappa shape index (κ2) is 5.80. The van der Waals surface area contributed by atoms with Crippen molar-refractivity contribution >= 4 is 0 Å². The van der Waals surface area contributed by atoms with Crippen molar-refractivity contribution < 1.29 is 14.2 Å². The summed E-state index contributed by atoms with van der Waals surface area (Å²) in [7, 11) is 0. The Bertz CT molecular complexity index is 555. The molecular formula is C15H16FNO2. The summed E-state index contributed by atoms with van der Waals surface area (Å²) in [6.07, 6.45) is 1.56. The lowest BCUT2D eigenvalue weighted by Crippen LogP contribution is -1.98. The van der Waals surface area contributed by atoms with Gasteiger partial charge in [0.25, 0.3) is 0 Å². The quantitative estimate of drug-likeness (QED) is 0.911. The molecule has 19 heavy (non-hydrogen) atoms. The molecule has 2 rings (SSSR count). The Morgan fingerprint density at radius 1 is 1.26 bits per heavy atom. The van der Waals surface area contributed by atoms with Crippen LogP contribution < -0.4 is 4.74 Å². The third kappa shape index (κ3) is 3.29. The van der Waals surface area contributed by atoms with Crippen molar-refractivity contribution in [2.75, 3.05) is 0 Å². The van der Waals surface area contributed by atoms with Crippen LogP contribution in [0, 0.1) is 12.7 Å². The largest absolute Gasteiger partial charge is 0.456 e. The number of aromatic nitrogens is 1. The van der Waals surface area contributed by atoms with Gasteiger partial charge < -0.3 is 9.84 Å². The molecule has 3 nitrogen and oxygen atoms in total. The zero-order valence-corrected chi connectivity index (χ0v) is 10.9. The number of ether oxygens (including phenoxy) is 1. The van der Waals surface area contributed by atoms with Gasteiger partial charge in [-0.25, -0.2) is 4.39 Å². The second-order valence-corrected chi connectivity index (χ2v) is 4.36. The zero-order chi connectivity index (χ0) is 13.8. The van der Waals surface area contributed by atoms with E-state index in [4.69, 9.17) is 4.74 Å². The topological polar surface area (TPSA) is 42.4 Å². The van der Waals surface area contributed by atoms with Crippen molar-refractivity contribution in [1.82, 2.24) is 4.98 Å². The third-order valence-corrected chi connectivity index (χ3v) is 2.87. The fourth-order valence-corrected chi connectivity index (χ4v) is 1.63. The van der Waals surface area contributed by atoms with Crippen LogP contribution >= 0.6 is 0 Å². The number of aliphatic hydroxyl groups excluding tert-OH is 1. The molecule has 0 spiro atoms. The summed E-state index contributed by atoms with van der Waals surface area (Å²) in [5.41, 5.74) is 1.18. The molecule has 0 radical (unpaired) electrons. The first-order chi connectivity index (χ1) is 9.10. The predicted octanol–water partition coefficient (Wildman–Crippen LogP) is 3.76. The van der Waals surface area contributed by atoms with Gasteiger partial charge in [-0.2, -0.15) is 0 Å². The molecule has 0 aliphatic heterocycles. The van der Waals surface area contributed by atoms with Crippen molar-refractivity contribution in [1.29, 1.82) is 0 Å². The number of nitrogens with zero attached hydrogens (tertiary/aromatic N) is 1. The number of rotatable bonds is 4. The number of hydrogen-bond donors (Lipinski definition) is 1. The highest BCUT2D eigenvalue weighted by Gasteiger charge is 2.07. The van der Waals surface area contributed by atoms with E-state index in [0.29, 0.717) is 29.2 Å². The lowest BCUT2D eigenvalue weighted by molar-refractivity contribution is 0.169. The normalized spacial score (nSPS) is 12.2. The van der Waals surface area contributed by atoms with E-state index in [-0.39, 0.29) is 5.82 Å². The van der Waals surface area contributed by atoms with Crippen LogP contribution in [0.15, 0.2) is 36.5 Å². The summed E-state index contributed by atoms with van der Waals surface area (Å²) >= 11 is 0. The van der Waals surface area contributed by atoms with Crippen LogP contribution in [0.1, 0.15) is 30.7 Å². The number of hydrogen-bond acceptors (Lipinski definition) is 3. The van der Waals surface area contributed by atoms with Gasteiger partial charge in [-0.1, -0.05) is 13.0 Å². The van der Waals surface area contributed by atoms with Crippen LogP contribution in [-0.2, 0) is 0 Å². The predicted molar refractivity (Wildman–Crippen MR) is 70.7 cm³/mol. The fraction of sp³-hybridized carbons (Fsp3) is 0.267. The van der Waals surface area contributed by atoms with Gasteiger partial charge in [0, 0.05) is 6.07 Å². The highest BCUT2D eigenvalue weighted by molar-refractivity contribution is 5.33. The molecule has 0 amide bonds. The lowest BCUT2D eigenvalue weighted by atomic mass is 10.2. The van der Waals surface area contributed by atoms with Crippen molar-refractivity contribution in [2.45, 2.75) is 26.4 Å². The summed E-state index contributed by atoms with van der Waals surface area (Å²) in [6, 6.07) is 8.11. The zero-order valence-electron chi connectivity index (χ0n) is 10.9. The number of benzene rings is 1. The average molecular weight is 261 g/mol. The van der Waals surface area contributed by atoms with E-state index >= 15 is 0 Å². The summed E-state index contributed by atoms with van der Waals surface area (Å²) in [5, 5.41) is 9.62. The van der Waals surface area contributed by atoms with Crippen molar-refractivity contribution in [3.8, 4) is 11.5 Å². The van der Waals surface area contributed by atoms with Gasteiger partial charge in [0.1, 0.15) is 17.3 Å². The molecule has 4 heteroatoms. The molecule has 0 saturated heterocycles. The van der Waals surface area contributed by atoms with E-state index in [9.17, 15) is 9.50 Å². The Hall–Kier alpha value is -1.94. The highest BCUT2D eigenvalue weighted by atomic mass is 19.1. The van der Waals surface area contributed by atoms with Crippen LogP contribution in [0.2, 0.25) is 0 Å². The van der Waals surface area contributed by atoms with Crippen LogP contribution in [0.5, 0.6) is 11.5 Å². The molecule has 0 bridgehead atoms. The molecule has 1 aromatic carbocycles. The second-order valence-electron chi connectivity index (χ2n) is 4.36. The molecule has 0 saturated carbocycles. The maximum atomic E-state index is 13.4. The minimum absolute atomic E-state index is 0.302. The number of aliphatic hydroxyl groups is 1. The van der Waals surface area contributed by atoms with Crippen molar-refractivity contribution in [3.05, 3.63) is 53.6 Å². The SMILES string of the molecule is CCC(O)c1ccc(Oc2ccc(C)c(F)c2)cn1. The number of pyridine rings is 1. The van der Waals surface area contributed by atoms with Crippen molar-refractivity contribution in [2.24, 2.45) is 0 Å². The molecule has 0 aliphatic rings. The van der Waals surface area contributed by atoms with Crippen LogP contribution in [-0.4, -0.2) is 10.1 Å². The van der Waals surface area contributed by atoms with Crippen LogP contribution in [0.25, 0.3) is 0 Å². The molecular weight excluding hydrogens is 245 g/mol. The minimum Gasteiger partial charge on any atom is -0.456 e. The molecule has 2 aromatic rings. The van der Waals surface area contributed by atoms with Crippen molar-refractivity contribution in [3.63, 3.8) is 0 Å². The standard InChI is InChI=1S/C15H16FNO2/c1-3-15(18)14-7-6-12(9-17-14)19-11-5-4-10(2)13(16)8-11/h4-9,15,18H,3H2,1-2H3. The van der Waals surface area contributed by atoms with Gasteiger partial charge in [-0.05, 0) is 37.1 Å². The van der Waals surface area contributed by atoms with Crippen LogP contribution in [0.4, 0.5) is 4.39 Å². The van der Waals surface area contributed by atoms with E-state index in [2.05, 4.69) is 4.98 Å². The lowest BCUT2D eigenvalue weighted by Gasteiger charge is -2.09. The summed E-state index contributed by atoms with van der Waals surface area (Å²) in [4.78, 5) is 4.12. The monoisotopic (exact) mass is 261 g/mol. The molecule has 1 unspecified atom stereocenters. The molecule has 0 aliphatic carbocycles. The summed E-state index contributed by atoms with van der Waals surface area (Å²) in [5.74, 6) is 0.632. The first-order valence-electron chi connectivity index (χ1n) is 6.18. The van der Waals surface area contributed by atoms with E-state index in [1.807, 2.05) is 6.92 Å². The van der Waals surface area contributed by atoms with Gasteiger partial charge >= 0.3 is 0 Å². The molecule has 1 aromatic heterocycles. The molecule has 1 N–H and O–H groups in total. The number of aryl methyl sites for hydroxylation is 1. The Morgan fingerprint density at radius 3 is 2.58 bits per heavy atom. The van der Waals surface area contributed by atoms with Gasteiger partial charge in [0.15, 0.2) is 0 Å². The maximum Gasteiger partial charge on any atom is 0.145 e. The Balaban J connectivity index is 2.12. The Labute approximate surface area is 111 Å². The molecule has 0 fully saturated rings. The van der Waals surface area contributed by atoms with Gasteiger partial charge in [-0.15, -0.1) is 0 Å². The summed E-state index contributed by atoms with van der Waals surface area (Å²) < 4.78 is 18.9. The fourth-order valence-electron chi connectivity index (χ4n) is 1.63. The van der Waals surface area contributed by atoms with E-state index in [1.165, 1.54) is 12.3 Å². The highest BCUT2D eigenvalue weighted by Crippen LogP contribution is 2.24. The smallest absolute Gasteiger partial charge is 0.145 e. The van der Waals surface area contributed by atoms with E-state index in [0.717, 1.165) is 0 Å². The first-order valence-corrected chi connectivity index (χ1v) is 6.18. The Kier molecular flexibility index (Phi) is 4.12. The number of halogens is 1.